The number of nitrogens with one attached hydrogen (secondary N) is 2. The third kappa shape index (κ3) is 3.96. The number of carbonyl (C=O) groups excluding carboxylic acids is 1. The van der Waals surface area contributed by atoms with Gasteiger partial charge in [0.25, 0.3) is 0 Å². The summed E-state index contributed by atoms with van der Waals surface area (Å²) in [6, 6.07) is 18.0. The van der Waals surface area contributed by atoms with Crippen molar-refractivity contribution < 1.29 is 4.79 Å². The Morgan fingerprint density at radius 3 is 2.39 bits per heavy atom. The number of rotatable bonds is 5. The predicted octanol–water partition coefficient (Wildman–Crippen LogP) is 4.03. The third-order valence-electron chi connectivity index (χ3n) is 3.38. The van der Waals surface area contributed by atoms with Crippen LogP contribution in [0.25, 0.3) is 11.1 Å². The molecule has 2 aromatic carbocycles. The van der Waals surface area contributed by atoms with Crippen LogP contribution in [0.3, 0.4) is 0 Å². The van der Waals surface area contributed by atoms with Crippen molar-refractivity contribution in [1.82, 2.24) is 4.98 Å². The first-order valence-electron chi connectivity index (χ1n) is 7.32. The van der Waals surface area contributed by atoms with E-state index in [1.54, 1.807) is 0 Å². The minimum Gasteiger partial charge on any atom is -0.365 e. The summed E-state index contributed by atoms with van der Waals surface area (Å²) in [5.41, 5.74) is 3.85. The predicted molar refractivity (Wildman–Crippen MR) is 95.9 cm³/mol. The molecule has 0 aliphatic rings. The van der Waals surface area contributed by atoms with Crippen molar-refractivity contribution in [3.05, 3.63) is 65.7 Å². The Morgan fingerprint density at radius 2 is 1.74 bits per heavy atom. The summed E-state index contributed by atoms with van der Waals surface area (Å²) in [7, 11) is 1.82. The van der Waals surface area contributed by atoms with E-state index < -0.39 is 0 Å². The maximum atomic E-state index is 12.1. The molecule has 0 aliphatic carbocycles. The van der Waals surface area contributed by atoms with Gasteiger partial charge in [-0.15, -0.1) is 11.3 Å². The van der Waals surface area contributed by atoms with E-state index in [1.165, 1.54) is 11.3 Å². The van der Waals surface area contributed by atoms with E-state index in [0.29, 0.717) is 0 Å². The van der Waals surface area contributed by atoms with Crippen LogP contribution in [-0.2, 0) is 11.2 Å². The van der Waals surface area contributed by atoms with Crippen molar-refractivity contribution in [2.45, 2.75) is 6.42 Å². The number of thiazole rings is 1. The first-order chi connectivity index (χ1) is 11.2. The molecule has 4 nitrogen and oxygen atoms in total. The second kappa shape index (κ2) is 7.07. The summed E-state index contributed by atoms with van der Waals surface area (Å²) in [5.74, 6) is -0.0644. The van der Waals surface area contributed by atoms with Crippen LogP contribution in [-0.4, -0.2) is 17.9 Å². The molecule has 5 heteroatoms. The molecule has 3 aromatic rings. The molecule has 3 rings (SSSR count). The number of hydrogen-bond acceptors (Lipinski definition) is 4. The largest absolute Gasteiger partial charge is 0.365 e. The molecule has 23 heavy (non-hydrogen) atoms. The molecule has 0 unspecified atom stereocenters. The van der Waals surface area contributed by atoms with Crippen LogP contribution < -0.4 is 10.6 Å². The van der Waals surface area contributed by atoms with Crippen molar-refractivity contribution in [1.29, 1.82) is 0 Å². The maximum absolute atomic E-state index is 12.1. The van der Waals surface area contributed by atoms with Crippen molar-refractivity contribution >= 4 is 28.1 Å². The minimum atomic E-state index is -0.0644. The van der Waals surface area contributed by atoms with Gasteiger partial charge in [-0.2, -0.15) is 0 Å². The van der Waals surface area contributed by atoms with Crippen LogP contribution in [0.15, 0.2) is 60.0 Å². The normalized spacial score (nSPS) is 10.3. The second-order valence-corrected chi connectivity index (χ2v) is 5.92. The van der Waals surface area contributed by atoms with Crippen molar-refractivity contribution in [3.8, 4) is 11.1 Å². The van der Waals surface area contributed by atoms with Crippen LogP contribution >= 0.6 is 11.3 Å². The summed E-state index contributed by atoms with van der Waals surface area (Å²) in [5, 5.41) is 8.58. The molecule has 0 bridgehead atoms. The molecule has 0 saturated carbocycles. The lowest BCUT2D eigenvalue weighted by atomic mass is 10.1. The van der Waals surface area contributed by atoms with Gasteiger partial charge in [-0.25, -0.2) is 4.98 Å². The first-order valence-corrected chi connectivity index (χ1v) is 8.20. The number of anilines is 2. The van der Waals surface area contributed by atoms with Crippen LogP contribution in [0, 0.1) is 0 Å². The Morgan fingerprint density at radius 1 is 1.04 bits per heavy atom. The highest BCUT2D eigenvalue weighted by Gasteiger charge is 2.08. The number of nitrogens with zero attached hydrogens (tertiary/aromatic N) is 1. The SMILES string of the molecule is CNc1nc(CC(=O)Nc2ccc(-c3ccccc3)cc2)cs1. The molecule has 0 spiro atoms. The van der Waals surface area contributed by atoms with Crippen LogP contribution in [0.5, 0.6) is 0 Å². The molecule has 1 heterocycles. The summed E-state index contributed by atoms with van der Waals surface area (Å²) < 4.78 is 0. The third-order valence-corrected chi connectivity index (χ3v) is 4.29. The maximum Gasteiger partial charge on any atom is 0.230 e. The van der Waals surface area contributed by atoms with E-state index in [1.807, 2.05) is 54.9 Å². The van der Waals surface area contributed by atoms with Gasteiger partial charge in [0, 0.05) is 18.1 Å². The van der Waals surface area contributed by atoms with Gasteiger partial charge in [0.2, 0.25) is 5.91 Å². The zero-order valence-electron chi connectivity index (χ0n) is 12.7. The fraction of sp³-hybridized carbons (Fsp3) is 0.111. The van der Waals surface area contributed by atoms with Crippen LogP contribution in [0.2, 0.25) is 0 Å². The molecule has 1 aromatic heterocycles. The lowest BCUT2D eigenvalue weighted by Crippen LogP contribution is -2.14. The zero-order valence-corrected chi connectivity index (χ0v) is 13.6. The lowest BCUT2D eigenvalue weighted by molar-refractivity contribution is -0.115. The second-order valence-electron chi connectivity index (χ2n) is 5.06. The van der Waals surface area contributed by atoms with E-state index in [-0.39, 0.29) is 12.3 Å². The Balaban J connectivity index is 1.62. The molecule has 0 aliphatic heterocycles. The smallest absolute Gasteiger partial charge is 0.230 e. The molecule has 1 amide bonds. The Hall–Kier alpha value is -2.66. The summed E-state index contributed by atoms with van der Waals surface area (Å²) in [6.45, 7) is 0. The molecular weight excluding hydrogens is 306 g/mol. The molecule has 0 fully saturated rings. The standard InChI is InChI=1S/C18H17N3OS/c1-19-18-21-16(12-23-18)11-17(22)20-15-9-7-14(8-10-15)13-5-3-2-4-6-13/h2-10,12H,11H2,1H3,(H,19,21)(H,20,22). The summed E-state index contributed by atoms with van der Waals surface area (Å²) in [6.07, 6.45) is 0.276. The van der Waals surface area contributed by atoms with Gasteiger partial charge in [-0.05, 0) is 23.3 Å². The number of benzene rings is 2. The minimum absolute atomic E-state index is 0.0644. The summed E-state index contributed by atoms with van der Waals surface area (Å²) in [4.78, 5) is 16.4. The molecule has 2 N–H and O–H groups in total. The summed E-state index contributed by atoms with van der Waals surface area (Å²) >= 11 is 1.50. The molecule has 0 atom stereocenters. The molecule has 0 radical (unpaired) electrons. The molecule has 116 valence electrons. The van der Waals surface area contributed by atoms with E-state index in [4.69, 9.17) is 0 Å². The lowest BCUT2D eigenvalue weighted by Gasteiger charge is -2.06. The Labute approximate surface area is 139 Å². The van der Waals surface area contributed by atoms with Gasteiger partial charge >= 0.3 is 0 Å². The van der Waals surface area contributed by atoms with Gasteiger partial charge in [0.1, 0.15) is 0 Å². The fourth-order valence-electron chi connectivity index (χ4n) is 2.25. The van der Waals surface area contributed by atoms with E-state index in [2.05, 4.69) is 27.8 Å². The quantitative estimate of drug-likeness (QED) is 0.745. The van der Waals surface area contributed by atoms with E-state index in [0.717, 1.165) is 27.6 Å². The van der Waals surface area contributed by atoms with Crippen molar-refractivity contribution in [2.24, 2.45) is 0 Å². The van der Waals surface area contributed by atoms with E-state index in [9.17, 15) is 4.79 Å². The number of carbonyl (C=O) groups is 1. The zero-order chi connectivity index (χ0) is 16.1. The highest BCUT2D eigenvalue weighted by Crippen LogP contribution is 2.21. The number of hydrogen-bond donors (Lipinski definition) is 2. The van der Waals surface area contributed by atoms with Gasteiger partial charge < -0.3 is 10.6 Å². The molecular formula is C18H17N3OS. The fourth-order valence-corrected chi connectivity index (χ4v) is 2.92. The highest BCUT2D eigenvalue weighted by atomic mass is 32.1. The van der Waals surface area contributed by atoms with Gasteiger partial charge in [-0.1, -0.05) is 42.5 Å². The number of amides is 1. The van der Waals surface area contributed by atoms with Gasteiger partial charge in [0.05, 0.1) is 12.1 Å². The molecule has 0 saturated heterocycles. The highest BCUT2D eigenvalue weighted by molar-refractivity contribution is 7.13. The van der Waals surface area contributed by atoms with Crippen molar-refractivity contribution in [2.75, 3.05) is 17.7 Å². The van der Waals surface area contributed by atoms with Gasteiger partial charge in [-0.3, -0.25) is 4.79 Å². The van der Waals surface area contributed by atoms with Crippen LogP contribution in [0.1, 0.15) is 5.69 Å². The number of aromatic nitrogens is 1. The van der Waals surface area contributed by atoms with Crippen molar-refractivity contribution in [3.63, 3.8) is 0 Å². The topological polar surface area (TPSA) is 54.0 Å². The van der Waals surface area contributed by atoms with Gasteiger partial charge in [0.15, 0.2) is 5.13 Å². The Kier molecular flexibility index (Phi) is 4.68. The average Bonchev–Trinajstić information content (AvgIpc) is 3.04. The average molecular weight is 323 g/mol. The Bertz CT molecular complexity index is 782. The monoisotopic (exact) mass is 323 g/mol. The first kappa shape index (κ1) is 15.2. The van der Waals surface area contributed by atoms with Crippen LogP contribution in [0.4, 0.5) is 10.8 Å². The van der Waals surface area contributed by atoms with E-state index >= 15 is 0 Å².